The van der Waals surface area contributed by atoms with Gasteiger partial charge in [0.05, 0.1) is 18.8 Å². The SMILES string of the molecule is COc1cccc2c1[C@@H]1CCC[C@@](CCCCc3ccc(O)cc3)(O2)O1. The molecule has 1 saturated heterocycles. The van der Waals surface area contributed by atoms with E-state index in [-0.39, 0.29) is 6.10 Å². The molecule has 0 aromatic heterocycles. The summed E-state index contributed by atoms with van der Waals surface area (Å²) in [6, 6.07) is 13.5. The van der Waals surface area contributed by atoms with E-state index in [0.717, 1.165) is 62.0 Å². The minimum absolute atomic E-state index is 0.0701. The maximum absolute atomic E-state index is 9.37. The Bertz CT molecular complexity index is 755. The number of hydrogen-bond donors (Lipinski definition) is 1. The van der Waals surface area contributed by atoms with E-state index in [4.69, 9.17) is 14.2 Å². The van der Waals surface area contributed by atoms with Gasteiger partial charge in [-0.05, 0) is 61.9 Å². The minimum Gasteiger partial charge on any atom is -0.508 e. The standard InChI is InChI=1S/C22H26O4/c1-24-18-7-4-8-19-21(18)20-9-5-15-22(25-19,26-20)14-3-2-6-16-10-12-17(23)13-11-16/h4,7-8,10-13,20,23H,2-3,5-6,9,14-15H2,1H3/t20-,22-/m0/s1. The highest BCUT2D eigenvalue weighted by atomic mass is 16.7. The minimum atomic E-state index is -0.489. The number of aromatic hydroxyl groups is 1. The summed E-state index contributed by atoms with van der Waals surface area (Å²) in [7, 11) is 1.70. The van der Waals surface area contributed by atoms with E-state index in [1.807, 2.05) is 30.3 Å². The number of unbranched alkanes of at least 4 members (excludes halogenated alkanes) is 1. The fraction of sp³-hybridized carbons (Fsp3) is 0.455. The number of phenols is 1. The maximum Gasteiger partial charge on any atom is 0.211 e. The second-order valence-corrected chi connectivity index (χ2v) is 7.26. The highest BCUT2D eigenvalue weighted by Crippen LogP contribution is 2.51. The van der Waals surface area contributed by atoms with Crippen LogP contribution in [0.4, 0.5) is 0 Å². The van der Waals surface area contributed by atoms with Crippen molar-refractivity contribution in [2.24, 2.45) is 0 Å². The first-order valence-electron chi connectivity index (χ1n) is 9.51. The van der Waals surface area contributed by atoms with Gasteiger partial charge in [0.2, 0.25) is 5.79 Å². The van der Waals surface area contributed by atoms with Crippen LogP contribution >= 0.6 is 0 Å². The van der Waals surface area contributed by atoms with Crippen LogP contribution in [-0.2, 0) is 11.2 Å². The third-order valence-electron chi connectivity index (χ3n) is 5.45. The monoisotopic (exact) mass is 354 g/mol. The van der Waals surface area contributed by atoms with Crippen molar-refractivity contribution < 1.29 is 19.3 Å². The van der Waals surface area contributed by atoms with Gasteiger partial charge in [-0.25, -0.2) is 0 Å². The molecular formula is C22H26O4. The van der Waals surface area contributed by atoms with Gasteiger partial charge in [-0.2, -0.15) is 0 Å². The Labute approximate surface area is 154 Å². The van der Waals surface area contributed by atoms with Gasteiger partial charge in [0.25, 0.3) is 0 Å². The lowest BCUT2D eigenvalue weighted by atomic mass is 9.90. The zero-order valence-corrected chi connectivity index (χ0v) is 15.2. The van der Waals surface area contributed by atoms with E-state index < -0.39 is 5.79 Å². The Hall–Kier alpha value is -2.20. The van der Waals surface area contributed by atoms with E-state index in [1.54, 1.807) is 19.2 Å². The summed E-state index contributed by atoms with van der Waals surface area (Å²) in [5.74, 6) is 1.60. The second-order valence-electron chi connectivity index (χ2n) is 7.26. The highest BCUT2D eigenvalue weighted by Gasteiger charge is 2.45. The van der Waals surface area contributed by atoms with Gasteiger partial charge in [0.15, 0.2) is 0 Å². The van der Waals surface area contributed by atoms with E-state index in [0.29, 0.717) is 5.75 Å². The Balaban J connectivity index is 1.41. The topological polar surface area (TPSA) is 47.9 Å². The van der Waals surface area contributed by atoms with E-state index in [1.165, 1.54) is 5.56 Å². The van der Waals surface area contributed by atoms with Crippen molar-refractivity contribution in [2.75, 3.05) is 7.11 Å². The molecule has 0 saturated carbocycles. The number of phenolic OH excluding ortho intramolecular Hbond substituents is 1. The van der Waals surface area contributed by atoms with Crippen molar-refractivity contribution in [3.8, 4) is 17.2 Å². The molecule has 2 aliphatic heterocycles. The number of benzene rings is 2. The summed E-state index contributed by atoms with van der Waals surface area (Å²) < 4.78 is 18.3. The molecule has 2 aromatic rings. The van der Waals surface area contributed by atoms with Gasteiger partial charge in [0, 0.05) is 12.8 Å². The molecule has 138 valence electrons. The molecule has 0 spiro atoms. The molecular weight excluding hydrogens is 328 g/mol. The van der Waals surface area contributed by atoms with E-state index in [9.17, 15) is 5.11 Å². The molecule has 2 aliphatic rings. The van der Waals surface area contributed by atoms with Gasteiger partial charge >= 0.3 is 0 Å². The number of ether oxygens (including phenoxy) is 3. The third-order valence-corrected chi connectivity index (χ3v) is 5.45. The van der Waals surface area contributed by atoms with Crippen LogP contribution < -0.4 is 9.47 Å². The maximum atomic E-state index is 9.37. The predicted octanol–water partition coefficient (Wildman–Crippen LogP) is 5.14. The van der Waals surface area contributed by atoms with E-state index >= 15 is 0 Å². The molecule has 2 atom stereocenters. The van der Waals surface area contributed by atoms with Gasteiger partial charge in [-0.3, -0.25) is 0 Å². The summed E-state index contributed by atoms with van der Waals surface area (Å²) in [4.78, 5) is 0. The third kappa shape index (κ3) is 3.38. The average Bonchev–Trinajstić information content (AvgIpc) is 2.66. The van der Waals surface area contributed by atoms with Crippen LogP contribution in [0.5, 0.6) is 17.2 Å². The summed E-state index contributed by atoms with van der Waals surface area (Å²) >= 11 is 0. The summed E-state index contributed by atoms with van der Waals surface area (Å²) in [5.41, 5.74) is 2.32. The molecule has 4 heteroatoms. The van der Waals surface area contributed by atoms with E-state index in [2.05, 4.69) is 0 Å². The van der Waals surface area contributed by atoms with Crippen LogP contribution in [0.3, 0.4) is 0 Å². The lowest BCUT2D eigenvalue weighted by Crippen LogP contribution is -2.46. The molecule has 0 amide bonds. The van der Waals surface area contributed by atoms with Crippen LogP contribution in [-0.4, -0.2) is 18.0 Å². The second kappa shape index (κ2) is 7.20. The lowest BCUT2D eigenvalue weighted by Gasteiger charge is -2.46. The van der Waals surface area contributed by atoms with Crippen LogP contribution in [0.15, 0.2) is 42.5 Å². The zero-order valence-electron chi connectivity index (χ0n) is 15.2. The molecule has 0 unspecified atom stereocenters. The van der Waals surface area contributed by atoms with Crippen LogP contribution in [0.25, 0.3) is 0 Å². The van der Waals surface area contributed by atoms with Gasteiger partial charge in [-0.15, -0.1) is 0 Å². The molecule has 2 heterocycles. The quantitative estimate of drug-likeness (QED) is 0.729. The van der Waals surface area contributed by atoms with Gasteiger partial charge < -0.3 is 19.3 Å². The fourth-order valence-corrected chi connectivity index (χ4v) is 4.14. The van der Waals surface area contributed by atoms with Gasteiger partial charge in [0.1, 0.15) is 17.2 Å². The summed E-state index contributed by atoms with van der Waals surface area (Å²) in [5, 5.41) is 9.37. The Morgan fingerprint density at radius 3 is 2.81 bits per heavy atom. The van der Waals surface area contributed by atoms with Crippen LogP contribution in [0.1, 0.15) is 55.8 Å². The lowest BCUT2D eigenvalue weighted by molar-refractivity contribution is -0.258. The summed E-state index contributed by atoms with van der Waals surface area (Å²) in [6.45, 7) is 0. The number of aryl methyl sites for hydroxylation is 1. The number of hydrogen-bond acceptors (Lipinski definition) is 4. The largest absolute Gasteiger partial charge is 0.508 e. The molecule has 26 heavy (non-hydrogen) atoms. The zero-order chi connectivity index (χ0) is 18.0. The summed E-state index contributed by atoms with van der Waals surface area (Å²) in [6.07, 6.45) is 7.18. The first-order valence-corrected chi connectivity index (χ1v) is 9.51. The average molecular weight is 354 g/mol. The number of methoxy groups -OCH3 is 1. The van der Waals surface area contributed by atoms with Crippen molar-refractivity contribution in [1.29, 1.82) is 0 Å². The number of fused-ring (bicyclic) bond motifs is 4. The Morgan fingerprint density at radius 2 is 2.00 bits per heavy atom. The van der Waals surface area contributed by atoms with Crippen molar-refractivity contribution in [2.45, 2.75) is 56.8 Å². The molecule has 1 fully saturated rings. The Kier molecular flexibility index (Phi) is 4.77. The molecule has 4 nitrogen and oxygen atoms in total. The Morgan fingerprint density at radius 1 is 1.15 bits per heavy atom. The van der Waals surface area contributed by atoms with Crippen molar-refractivity contribution in [3.05, 3.63) is 53.6 Å². The van der Waals surface area contributed by atoms with Crippen molar-refractivity contribution in [1.82, 2.24) is 0 Å². The first-order chi connectivity index (χ1) is 12.7. The van der Waals surface area contributed by atoms with Crippen LogP contribution in [0.2, 0.25) is 0 Å². The first kappa shape index (κ1) is 17.2. The fourth-order valence-electron chi connectivity index (χ4n) is 4.14. The molecule has 0 radical (unpaired) electrons. The van der Waals surface area contributed by atoms with Crippen molar-refractivity contribution >= 4 is 0 Å². The molecule has 0 aliphatic carbocycles. The van der Waals surface area contributed by atoms with Crippen LogP contribution in [0, 0.1) is 0 Å². The molecule has 1 N–H and O–H groups in total. The molecule has 4 rings (SSSR count). The number of rotatable bonds is 6. The van der Waals surface area contributed by atoms with Gasteiger partial charge in [-0.1, -0.05) is 18.2 Å². The smallest absolute Gasteiger partial charge is 0.211 e. The highest BCUT2D eigenvalue weighted by molar-refractivity contribution is 5.48. The predicted molar refractivity (Wildman–Crippen MR) is 99.7 cm³/mol. The normalized spacial score (nSPS) is 23.8. The van der Waals surface area contributed by atoms with Crippen molar-refractivity contribution in [3.63, 3.8) is 0 Å². The molecule has 2 bridgehead atoms. The molecule has 2 aromatic carbocycles.